The number of rotatable bonds is 7. The number of carbonyl (C=O) groups is 3. The van der Waals surface area contributed by atoms with E-state index < -0.39 is 14.2 Å². The lowest BCUT2D eigenvalue weighted by Crippen LogP contribution is -2.66. The third-order valence-electron chi connectivity index (χ3n) is 7.92. The summed E-state index contributed by atoms with van der Waals surface area (Å²) in [6.07, 6.45) is 4.10. The van der Waals surface area contributed by atoms with Crippen molar-refractivity contribution in [1.29, 1.82) is 0 Å². The third kappa shape index (κ3) is 6.38. The van der Waals surface area contributed by atoms with Crippen LogP contribution in [0.3, 0.4) is 0 Å². The van der Waals surface area contributed by atoms with Crippen molar-refractivity contribution < 1.29 is 18.8 Å². The standard InChI is InChI=1S/C27H42N2O4SSi/c1-18(23-22(24(30)28-23)19(2)33-35(6,7)27(3,4)5)26(32)34-21-15-11-10-14-20(21)25(31)29-16-12-8-9-13-17-29/h10-11,14-15,18-19,22-23H,8-9,12-13,16-17H2,1-7H3,(H,28,30)/t18-,19+,22+,23+/m0/s1. The predicted octanol–water partition coefficient (Wildman–Crippen LogP) is 5.48. The lowest BCUT2D eigenvalue weighted by atomic mass is 9.79. The summed E-state index contributed by atoms with van der Waals surface area (Å²) in [7, 11) is -2.05. The molecule has 3 rings (SSSR count). The van der Waals surface area contributed by atoms with Crippen LogP contribution in [0.2, 0.25) is 18.1 Å². The normalized spacial score (nSPS) is 23.1. The molecule has 6 nitrogen and oxygen atoms in total. The van der Waals surface area contributed by atoms with Crippen LogP contribution in [-0.2, 0) is 14.0 Å². The van der Waals surface area contributed by atoms with E-state index in [1.54, 1.807) is 0 Å². The first-order valence-electron chi connectivity index (χ1n) is 12.9. The van der Waals surface area contributed by atoms with Crippen LogP contribution in [0.1, 0.15) is 70.7 Å². The van der Waals surface area contributed by atoms with Crippen molar-refractivity contribution >= 4 is 37.0 Å². The van der Waals surface area contributed by atoms with Gasteiger partial charge in [0.2, 0.25) is 5.91 Å². The molecule has 1 aromatic carbocycles. The van der Waals surface area contributed by atoms with E-state index in [-0.39, 0.29) is 40.0 Å². The van der Waals surface area contributed by atoms with Gasteiger partial charge in [-0.05, 0) is 50.0 Å². The van der Waals surface area contributed by atoms with Crippen LogP contribution in [-0.4, -0.2) is 55.4 Å². The van der Waals surface area contributed by atoms with Crippen molar-refractivity contribution in [1.82, 2.24) is 10.2 Å². The van der Waals surface area contributed by atoms with E-state index >= 15 is 0 Å². The molecule has 0 bridgehead atoms. The molecule has 2 amide bonds. The summed E-state index contributed by atoms with van der Waals surface area (Å²) in [5.74, 6) is -0.795. The zero-order valence-corrected chi connectivity index (χ0v) is 24.2. The molecule has 4 atom stereocenters. The van der Waals surface area contributed by atoms with Crippen LogP contribution >= 0.6 is 11.8 Å². The Balaban J connectivity index is 1.69. The Bertz CT molecular complexity index is 937. The van der Waals surface area contributed by atoms with E-state index in [9.17, 15) is 14.4 Å². The summed E-state index contributed by atoms with van der Waals surface area (Å²) < 4.78 is 6.49. The monoisotopic (exact) mass is 518 g/mol. The fourth-order valence-electron chi connectivity index (χ4n) is 4.60. The fourth-order valence-corrected chi connectivity index (χ4v) is 6.99. The van der Waals surface area contributed by atoms with E-state index in [1.165, 1.54) is 0 Å². The topological polar surface area (TPSA) is 75.7 Å². The van der Waals surface area contributed by atoms with Gasteiger partial charge in [-0.3, -0.25) is 14.4 Å². The molecule has 194 valence electrons. The zero-order chi connectivity index (χ0) is 26.0. The Kier molecular flexibility index (Phi) is 8.92. The van der Waals surface area contributed by atoms with Crippen molar-refractivity contribution in [2.45, 2.75) is 95.5 Å². The second-order valence-electron chi connectivity index (χ2n) is 11.6. The smallest absolute Gasteiger partial charge is 0.255 e. The summed E-state index contributed by atoms with van der Waals surface area (Å²) in [5, 5.41) is 2.94. The first kappa shape index (κ1) is 27.9. The molecular formula is C27H42N2O4SSi. The van der Waals surface area contributed by atoms with Crippen molar-refractivity contribution in [3.63, 3.8) is 0 Å². The number of carbonyl (C=O) groups excluding carboxylic acids is 3. The lowest BCUT2D eigenvalue weighted by Gasteiger charge is -2.46. The number of β-lactam (4-membered cyclic amide) rings is 1. The highest BCUT2D eigenvalue weighted by molar-refractivity contribution is 8.13. The number of thioether (sulfide) groups is 1. The average molecular weight is 519 g/mol. The fraction of sp³-hybridized carbons (Fsp3) is 0.667. The second kappa shape index (κ2) is 11.2. The highest BCUT2D eigenvalue weighted by Crippen LogP contribution is 2.40. The Labute approximate surface area is 216 Å². The molecule has 1 aromatic rings. The molecule has 0 aliphatic carbocycles. The van der Waals surface area contributed by atoms with Gasteiger partial charge in [-0.25, -0.2) is 0 Å². The van der Waals surface area contributed by atoms with Crippen molar-refractivity contribution in [2.24, 2.45) is 11.8 Å². The minimum Gasteiger partial charge on any atom is -0.413 e. The number of benzene rings is 1. The molecule has 0 aromatic heterocycles. The van der Waals surface area contributed by atoms with Crippen LogP contribution in [0.15, 0.2) is 29.2 Å². The molecule has 1 N–H and O–H groups in total. The summed E-state index contributed by atoms with van der Waals surface area (Å²) in [5.41, 5.74) is 0.587. The van der Waals surface area contributed by atoms with Gasteiger partial charge in [0.25, 0.3) is 5.91 Å². The number of nitrogens with zero attached hydrogens (tertiary/aromatic N) is 1. The number of amides is 2. The van der Waals surface area contributed by atoms with Crippen LogP contribution in [0, 0.1) is 11.8 Å². The molecule has 2 aliphatic heterocycles. The molecule has 2 heterocycles. The van der Waals surface area contributed by atoms with Gasteiger partial charge in [0.05, 0.1) is 23.6 Å². The summed E-state index contributed by atoms with van der Waals surface area (Å²) in [4.78, 5) is 41.7. The van der Waals surface area contributed by atoms with Gasteiger partial charge in [0.1, 0.15) is 0 Å². The maximum absolute atomic E-state index is 13.3. The van der Waals surface area contributed by atoms with Crippen molar-refractivity contribution in [2.75, 3.05) is 13.1 Å². The molecular weight excluding hydrogens is 476 g/mol. The summed E-state index contributed by atoms with van der Waals surface area (Å²) in [6, 6.07) is 7.11. The van der Waals surface area contributed by atoms with E-state index in [4.69, 9.17) is 4.43 Å². The molecule has 0 spiro atoms. The first-order chi connectivity index (χ1) is 16.3. The van der Waals surface area contributed by atoms with E-state index in [0.717, 1.165) is 50.5 Å². The van der Waals surface area contributed by atoms with Gasteiger partial charge >= 0.3 is 0 Å². The quantitative estimate of drug-likeness (QED) is 0.294. The van der Waals surface area contributed by atoms with E-state index in [2.05, 4.69) is 39.2 Å². The largest absolute Gasteiger partial charge is 0.413 e. The molecule has 2 fully saturated rings. The van der Waals surface area contributed by atoms with Gasteiger partial charge in [0.15, 0.2) is 13.4 Å². The van der Waals surface area contributed by atoms with Crippen molar-refractivity contribution in [3.05, 3.63) is 29.8 Å². The SMILES string of the molecule is C[C@H](C(=O)Sc1ccccc1C(=O)N1CCCCCC1)[C@H]1NC(=O)[C@@H]1[C@@H](C)O[Si](C)(C)C(C)(C)C. The number of hydrogen-bond acceptors (Lipinski definition) is 5. The first-order valence-corrected chi connectivity index (χ1v) is 16.6. The third-order valence-corrected chi connectivity index (χ3v) is 13.6. The van der Waals surface area contributed by atoms with Crippen LogP contribution < -0.4 is 5.32 Å². The number of likely N-dealkylation sites (tertiary alicyclic amines) is 1. The van der Waals surface area contributed by atoms with Gasteiger partial charge in [-0.2, -0.15) is 0 Å². The van der Waals surface area contributed by atoms with Gasteiger partial charge in [-0.1, -0.05) is 64.4 Å². The summed E-state index contributed by atoms with van der Waals surface area (Å²) in [6.45, 7) is 16.2. The molecule has 8 heteroatoms. The Hall–Kier alpha value is -1.64. The molecule has 2 saturated heterocycles. The van der Waals surface area contributed by atoms with Crippen LogP contribution in [0.25, 0.3) is 0 Å². The van der Waals surface area contributed by atoms with E-state index in [0.29, 0.717) is 10.5 Å². The Morgan fingerprint density at radius 2 is 1.69 bits per heavy atom. The molecule has 0 unspecified atom stereocenters. The zero-order valence-electron chi connectivity index (χ0n) is 22.3. The Morgan fingerprint density at radius 3 is 2.26 bits per heavy atom. The minimum atomic E-state index is -2.05. The highest BCUT2D eigenvalue weighted by atomic mass is 32.2. The molecule has 35 heavy (non-hydrogen) atoms. The number of hydrogen-bond donors (Lipinski definition) is 1. The minimum absolute atomic E-state index is 0.00155. The molecule has 0 radical (unpaired) electrons. The molecule has 0 saturated carbocycles. The van der Waals surface area contributed by atoms with Gasteiger partial charge in [-0.15, -0.1) is 0 Å². The maximum Gasteiger partial charge on any atom is 0.255 e. The molecule has 2 aliphatic rings. The van der Waals surface area contributed by atoms with Crippen LogP contribution in [0.5, 0.6) is 0 Å². The lowest BCUT2D eigenvalue weighted by molar-refractivity contribution is -0.143. The Morgan fingerprint density at radius 1 is 1.09 bits per heavy atom. The van der Waals surface area contributed by atoms with E-state index in [1.807, 2.05) is 43.0 Å². The summed E-state index contributed by atoms with van der Waals surface area (Å²) >= 11 is 1.12. The average Bonchev–Trinajstić information content (AvgIpc) is 3.05. The van der Waals surface area contributed by atoms with Crippen LogP contribution in [0.4, 0.5) is 0 Å². The predicted molar refractivity (Wildman–Crippen MR) is 144 cm³/mol. The van der Waals surface area contributed by atoms with Gasteiger partial charge in [0, 0.05) is 23.9 Å². The van der Waals surface area contributed by atoms with Gasteiger partial charge < -0.3 is 14.6 Å². The second-order valence-corrected chi connectivity index (χ2v) is 17.4. The maximum atomic E-state index is 13.3. The highest BCUT2D eigenvalue weighted by Gasteiger charge is 2.50. The number of nitrogens with one attached hydrogen (secondary N) is 1. The van der Waals surface area contributed by atoms with Crippen molar-refractivity contribution in [3.8, 4) is 0 Å².